The van der Waals surface area contributed by atoms with Gasteiger partial charge in [0.25, 0.3) is 0 Å². The number of unbranched alkanes of at least 4 members (excludes halogenated alkanes) is 2. The molecule has 65 heavy (non-hydrogen) atoms. The molecule has 0 aromatic heterocycles. The Morgan fingerprint density at radius 2 is 0.446 bits per heavy atom. The number of carbonyl (C=O) groups is 8. The third kappa shape index (κ3) is 9.20. The standard InChI is InChI=1S/C55H52Ge2O8/c1-36-22-10-16-28-42(36)50(60)56(51(61)43-29-17-11-23-37(43)2,52(62)44-30-18-12-24-38(44)3)48(58)34-8-7-9-35-49(59)57(53(63)45-31-19-13-25-39(45)4,54(64)46-32-20-14-26-40(46)5)55(65)47-33-21-15-27-41(47)6/h10-33H,7-9,34-35H2,1-6H3. The van der Waals surface area contributed by atoms with Gasteiger partial charge in [0.05, 0.1) is 0 Å². The summed E-state index contributed by atoms with van der Waals surface area (Å²) < 4.78 is -5.80. The molecule has 6 aromatic rings. The van der Waals surface area contributed by atoms with Crippen LogP contribution in [0.3, 0.4) is 0 Å². The second-order valence-electron chi connectivity index (χ2n) is 16.8. The number of carbonyl (C=O) groups excluding carboxylic acids is 8. The fraction of sp³-hybridized carbons (Fsp3) is 0.200. The van der Waals surface area contributed by atoms with Crippen LogP contribution in [0.15, 0.2) is 146 Å². The molecule has 8 nitrogen and oxygen atoms in total. The maximum absolute atomic E-state index is 15.2. The third-order valence-corrected chi connectivity index (χ3v) is 29.1. The van der Waals surface area contributed by atoms with Gasteiger partial charge in [0.15, 0.2) is 0 Å². The summed E-state index contributed by atoms with van der Waals surface area (Å²) in [6, 6.07) is 39.9. The van der Waals surface area contributed by atoms with Crippen molar-refractivity contribution in [1.82, 2.24) is 0 Å². The summed E-state index contributed by atoms with van der Waals surface area (Å²) in [5.74, 6) is 0. The van der Waals surface area contributed by atoms with E-state index >= 15 is 38.4 Å². The molecule has 0 atom stereocenters. The van der Waals surface area contributed by atoms with Gasteiger partial charge in [0.1, 0.15) is 0 Å². The summed E-state index contributed by atoms with van der Waals surface area (Å²) in [4.78, 5) is 121. The summed E-state index contributed by atoms with van der Waals surface area (Å²) >= 11 is -11.7. The second-order valence-corrected chi connectivity index (χ2v) is 31.1. The summed E-state index contributed by atoms with van der Waals surface area (Å²) in [6.45, 7) is 10.3. The van der Waals surface area contributed by atoms with E-state index in [4.69, 9.17) is 0 Å². The van der Waals surface area contributed by atoms with Crippen molar-refractivity contribution in [2.45, 2.75) is 73.6 Å². The van der Waals surface area contributed by atoms with E-state index in [2.05, 4.69) is 0 Å². The molecule has 0 heterocycles. The van der Waals surface area contributed by atoms with E-state index in [0.717, 1.165) is 0 Å². The second kappa shape index (κ2) is 20.7. The van der Waals surface area contributed by atoms with Crippen LogP contribution in [0.25, 0.3) is 0 Å². The number of hydrogen-bond donors (Lipinski definition) is 0. The van der Waals surface area contributed by atoms with Gasteiger partial charge in [-0.05, 0) is 0 Å². The average Bonchev–Trinajstić information content (AvgIpc) is 3.30. The molecule has 0 aliphatic carbocycles. The number of rotatable bonds is 20. The van der Waals surface area contributed by atoms with Crippen LogP contribution < -0.4 is 0 Å². The Hall–Kier alpha value is -6.23. The van der Waals surface area contributed by atoms with Crippen LogP contribution in [0.2, 0.25) is 0 Å². The van der Waals surface area contributed by atoms with Crippen LogP contribution in [0, 0.1) is 41.5 Å². The van der Waals surface area contributed by atoms with Crippen LogP contribution in [0.4, 0.5) is 0 Å². The molecule has 6 rings (SSSR count). The molecule has 0 amide bonds. The van der Waals surface area contributed by atoms with Crippen LogP contribution in [0.5, 0.6) is 0 Å². The fourth-order valence-corrected chi connectivity index (χ4v) is 25.4. The van der Waals surface area contributed by atoms with Crippen molar-refractivity contribution in [3.05, 3.63) is 212 Å². The Morgan fingerprint density at radius 1 is 0.277 bits per heavy atom. The summed E-state index contributed by atoms with van der Waals surface area (Å²) in [5.41, 5.74) is 4.07. The molecule has 0 aliphatic heterocycles. The van der Waals surface area contributed by atoms with Crippen molar-refractivity contribution in [2.75, 3.05) is 0 Å². The van der Waals surface area contributed by atoms with Crippen molar-refractivity contribution >= 4 is 63.5 Å². The topological polar surface area (TPSA) is 137 Å². The van der Waals surface area contributed by atoms with E-state index < -0.39 is 63.5 Å². The zero-order chi connectivity index (χ0) is 47.1. The molecular weight excluding hydrogens is 934 g/mol. The molecule has 10 heteroatoms. The maximum atomic E-state index is 15.2. The fourth-order valence-electron chi connectivity index (χ4n) is 8.68. The molecule has 0 saturated heterocycles. The molecule has 0 saturated carbocycles. The number of benzene rings is 6. The van der Waals surface area contributed by atoms with Gasteiger partial charge in [-0.2, -0.15) is 0 Å². The molecule has 0 N–H and O–H groups in total. The van der Waals surface area contributed by atoms with E-state index in [1.165, 1.54) is 0 Å². The van der Waals surface area contributed by atoms with Gasteiger partial charge in [0.2, 0.25) is 0 Å². The van der Waals surface area contributed by atoms with Crippen LogP contribution >= 0.6 is 0 Å². The molecule has 0 bridgehead atoms. The minimum absolute atomic E-state index is 0.0888. The van der Waals surface area contributed by atoms with Gasteiger partial charge in [-0.1, -0.05) is 0 Å². The van der Waals surface area contributed by atoms with Crippen molar-refractivity contribution in [3.8, 4) is 0 Å². The molecule has 0 unspecified atom stereocenters. The van der Waals surface area contributed by atoms with Crippen molar-refractivity contribution in [1.29, 1.82) is 0 Å². The normalized spacial score (nSPS) is 11.4. The van der Waals surface area contributed by atoms with Gasteiger partial charge < -0.3 is 0 Å². The Morgan fingerprint density at radius 3 is 0.615 bits per heavy atom. The van der Waals surface area contributed by atoms with Crippen molar-refractivity contribution in [3.63, 3.8) is 0 Å². The van der Waals surface area contributed by atoms with Crippen LogP contribution in [-0.2, 0) is 9.59 Å². The Bertz CT molecular complexity index is 2420. The van der Waals surface area contributed by atoms with Crippen molar-refractivity contribution < 1.29 is 38.4 Å². The minimum atomic E-state index is -5.85. The monoisotopic (exact) mass is 988 g/mol. The first kappa shape index (κ1) is 48.2. The van der Waals surface area contributed by atoms with Gasteiger partial charge in [0, 0.05) is 0 Å². The first-order valence-corrected chi connectivity index (χ1v) is 30.2. The third-order valence-electron chi connectivity index (χ3n) is 12.5. The van der Waals surface area contributed by atoms with Gasteiger partial charge in [-0.3, -0.25) is 0 Å². The quantitative estimate of drug-likeness (QED) is 0.0545. The van der Waals surface area contributed by atoms with E-state index in [9.17, 15) is 0 Å². The van der Waals surface area contributed by atoms with Crippen LogP contribution in [-0.4, -0.2) is 63.5 Å². The summed E-state index contributed by atoms with van der Waals surface area (Å²) in [5, 5.41) is 0. The first-order chi connectivity index (χ1) is 31.1. The Kier molecular flexibility index (Phi) is 15.4. The van der Waals surface area contributed by atoms with Crippen molar-refractivity contribution in [2.24, 2.45) is 0 Å². The summed E-state index contributed by atoms with van der Waals surface area (Å²) in [6.07, 6.45) is -0.240. The molecule has 0 aliphatic rings. The van der Waals surface area contributed by atoms with E-state index in [-0.39, 0.29) is 65.5 Å². The zero-order valence-electron chi connectivity index (χ0n) is 37.7. The van der Waals surface area contributed by atoms with E-state index in [0.29, 0.717) is 33.4 Å². The van der Waals surface area contributed by atoms with E-state index in [1.54, 1.807) is 187 Å². The van der Waals surface area contributed by atoms with Gasteiger partial charge in [-0.15, -0.1) is 0 Å². The molecule has 328 valence electrons. The SMILES string of the molecule is Cc1ccccc1[C](=O)[Ge]([C](=O)CCCCC[C](=O)[Ge]([C](=O)c1ccccc1C)([C](=O)c1ccccc1C)[C](=O)c1ccccc1C)([C](=O)c1ccccc1C)[C](=O)c1ccccc1C. The number of hydrogen-bond acceptors (Lipinski definition) is 8. The summed E-state index contributed by atoms with van der Waals surface area (Å²) in [7, 11) is 0. The molecule has 0 spiro atoms. The predicted octanol–water partition coefficient (Wildman–Crippen LogP) is 10.4. The van der Waals surface area contributed by atoms with Crippen LogP contribution in [0.1, 0.15) is 128 Å². The Balaban J connectivity index is 1.39. The van der Waals surface area contributed by atoms with Gasteiger partial charge in [-0.25, -0.2) is 0 Å². The predicted molar refractivity (Wildman–Crippen MR) is 258 cm³/mol. The van der Waals surface area contributed by atoms with Gasteiger partial charge >= 0.3 is 388 Å². The number of aryl methyl sites for hydroxylation is 6. The Labute approximate surface area is 385 Å². The molecule has 6 aromatic carbocycles. The first-order valence-electron chi connectivity index (χ1n) is 21.8. The van der Waals surface area contributed by atoms with E-state index in [1.807, 2.05) is 0 Å². The molecule has 0 fully saturated rings. The average molecular weight is 986 g/mol. The molecular formula is C55H52Ge2O8. The molecule has 0 radical (unpaired) electrons. The zero-order valence-corrected chi connectivity index (χ0v) is 41.9.